The highest BCUT2D eigenvalue weighted by atomic mass is 35.5. The summed E-state index contributed by atoms with van der Waals surface area (Å²) < 4.78 is 0. The van der Waals surface area contributed by atoms with Gasteiger partial charge in [-0.3, -0.25) is 19.3 Å². The lowest BCUT2D eigenvalue weighted by Crippen LogP contribution is -2.49. The van der Waals surface area contributed by atoms with E-state index >= 15 is 0 Å². The van der Waals surface area contributed by atoms with Gasteiger partial charge in [-0.05, 0) is 35.9 Å². The molecule has 7 nitrogen and oxygen atoms in total. The molecule has 0 aromatic heterocycles. The van der Waals surface area contributed by atoms with E-state index in [-0.39, 0.29) is 11.8 Å². The van der Waals surface area contributed by atoms with Crippen molar-refractivity contribution < 1.29 is 14.4 Å². The maximum absolute atomic E-state index is 12.5. The first-order valence-corrected chi connectivity index (χ1v) is 10.2. The number of benzene rings is 2. The van der Waals surface area contributed by atoms with Gasteiger partial charge in [-0.2, -0.15) is 0 Å². The molecule has 2 aromatic rings. The Balaban J connectivity index is 1.39. The molecule has 1 aliphatic rings. The highest BCUT2D eigenvalue weighted by molar-refractivity contribution is 6.31. The molecule has 0 atom stereocenters. The third kappa shape index (κ3) is 6.05. The summed E-state index contributed by atoms with van der Waals surface area (Å²) >= 11 is 6.14. The number of rotatable bonds is 7. The number of hydrogen-bond donors (Lipinski definition) is 2. The molecule has 8 heteroatoms. The number of carbonyl (C=O) groups is 3. The van der Waals surface area contributed by atoms with E-state index in [9.17, 15) is 14.4 Å². The first-order chi connectivity index (χ1) is 14.4. The number of halogens is 1. The van der Waals surface area contributed by atoms with Crippen molar-refractivity contribution >= 4 is 35.0 Å². The normalized spacial score (nSPS) is 14.4. The summed E-state index contributed by atoms with van der Waals surface area (Å²) in [6.45, 7) is 3.36. The Kier molecular flexibility index (Phi) is 7.43. The molecule has 2 aromatic carbocycles. The van der Waals surface area contributed by atoms with Crippen molar-refractivity contribution in [1.82, 2.24) is 9.80 Å². The molecule has 30 heavy (non-hydrogen) atoms. The van der Waals surface area contributed by atoms with E-state index in [0.717, 1.165) is 18.7 Å². The standard InChI is InChI=1S/C22H25ClN4O3/c23-19-4-2-1-3-17(19)15-21(29)27-13-11-26(12-14-27)10-9-20(28)25-18-7-5-16(6-8-18)22(24)30/h1-8H,9-15H2,(H2,24,30)(H,25,28). The molecule has 1 fully saturated rings. The van der Waals surface area contributed by atoms with Crippen LogP contribution in [0.2, 0.25) is 5.02 Å². The zero-order valence-corrected chi connectivity index (χ0v) is 17.4. The molecule has 0 radical (unpaired) electrons. The van der Waals surface area contributed by atoms with Crippen LogP contribution in [0.5, 0.6) is 0 Å². The Labute approximate surface area is 180 Å². The largest absolute Gasteiger partial charge is 0.366 e. The van der Waals surface area contributed by atoms with Crippen LogP contribution >= 0.6 is 11.6 Å². The molecule has 0 unspecified atom stereocenters. The van der Waals surface area contributed by atoms with Crippen molar-refractivity contribution in [1.29, 1.82) is 0 Å². The second-order valence-electron chi connectivity index (χ2n) is 7.23. The Morgan fingerprint density at radius 2 is 1.63 bits per heavy atom. The Hall–Kier alpha value is -2.90. The fourth-order valence-electron chi connectivity index (χ4n) is 3.34. The summed E-state index contributed by atoms with van der Waals surface area (Å²) in [7, 11) is 0. The number of nitrogens with two attached hydrogens (primary N) is 1. The number of nitrogens with one attached hydrogen (secondary N) is 1. The van der Waals surface area contributed by atoms with Crippen molar-refractivity contribution in [3.05, 3.63) is 64.7 Å². The van der Waals surface area contributed by atoms with Crippen LogP contribution in [0.1, 0.15) is 22.3 Å². The summed E-state index contributed by atoms with van der Waals surface area (Å²) in [6.07, 6.45) is 0.655. The number of amides is 3. The van der Waals surface area contributed by atoms with Crippen LogP contribution in [0.4, 0.5) is 5.69 Å². The molecule has 0 saturated carbocycles. The van der Waals surface area contributed by atoms with Gasteiger partial charge in [-0.15, -0.1) is 0 Å². The van der Waals surface area contributed by atoms with Crippen molar-refractivity contribution in [2.45, 2.75) is 12.8 Å². The first kappa shape index (κ1) is 21.8. The van der Waals surface area contributed by atoms with E-state index in [1.807, 2.05) is 23.1 Å². The van der Waals surface area contributed by atoms with Crippen LogP contribution < -0.4 is 11.1 Å². The third-order valence-electron chi connectivity index (χ3n) is 5.13. The second-order valence-corrected chi connectivity index (χ2v) is 7.64. The minimum absolute atomic E-state index is 0.0694. The topological polar surface area (TPSA) is 95.7 Å². The number of carbonyl (C=O) groups excluding carboxylic acids is 3. The summed E-state index contributed by atoms with van der Waals surface area (Å²) in [5.41, 5.74) is 7.07. The summed E-state index contributed by atoms with van der Waals surface area (Å²) in [6, 6.07) is 13.9. The lowest BCUT2D eigenvalue weighted by Gasteiger charge is -2.34. The molecule has 1 heterocycles. The van der Waals surface area contributed by atoms with Gasteiger partial charge in [0.05, 0.1) is 6.42 Å². The zero-order valence-electron chi connectivity index (χ0n) is 16.6. The highest BCUT2D eigenvalue weighted by Gasteiger charge is 2.22. The Bertz CT molecular complexity index is 909. The van der Waals surface area contributed by atoms with Crippen molar-refractivity contribution in [2.24, 2.45) is 5.73 Å². The minimum atomic E-state index is -0.502. The molecule has 0 aliphatic carbocycles. The van der Waals surface area contributed by atoms with E-state index in [0.29, 0.717) is 48.7 Å². The number of primary amides is 1. The first-order valence-electron chi connectivity index (χ1n) is 9.85. The molecule has 0 bridgehead atoms. The van der Waals surface area contributed by atoms with Gasteiger partial charge in [0.25, 0.3) is 0 Å². The lowest BCUT2D eigenvalue weighted by atomic mass is 10.1. The monoisotopic (exact) mass is 428 g/mol. The summed E-state index contributed by atoms with van der Waals surface area (Å²) in [5, 5.41) is 3.42. The minimum Gasteiger partial charge on any atom is -0.366 e. The Morgan fingerprint density at radius 3 is 2.27 bits per heavy atom. The van der Waals surface area contributed by atoms with Crippen LogP contribution in [-0.4, -0.2) is 60.2 Å². The molecule has 3 rings (SSSR count). The van der Waals surface area contributed by atoms with E-state index in [1.165, 1.54) is 0 Å². The molecule has 3 amide bonds. The van der Waals surface area contributed by atoms with E-state index in [4.69, 9.17) is 17.3 Å². The zero-order chi connectivity index (χ0) is 21.5. The predicted octanol–water partition coefficient (Wildman–Crippen LogP) is 2.15. The maximum Gasteiger partial charge on any atom is 0.248 e. The van der Waals surface area contributed by atoms with Crippen molar-refractivity contribution in [3.8, 4) is 0 Å². The van der Waals surface area contributed by atoms with Crippen LogP contribution in [0.15, 0.2) is 48.5 Å². The van der Waals surface area contributed by atoms with Gasteiger partial charge in [-0.25, -0.2) is 0 Å². The fraction of sp³-hybridized carbons (Fsp3) is 0.318. The number of anilines is 1. The molecule has 1 saturated heterocycles. The summed E-state index contributed by atoms with van der Waals surface area (Å²) in [5.74, 6) is -0.531. The van der Waals surface area contributed by atoms with Gasteiger partial charge in [0.1, 0.15) is 0 Å². The van der Waals surface area contributed by atoms with E-state index in [2.05, 4.69) is 10.2 Å². The predicted molar refractivity (Wildman–Crippen MR) is 116 cm³/mol. The number of hydrogen-bond acceptors (Lipinski definition) is 4. The Morgan fingerprint density at radius 1 is 0.967 bits per heavy atom. The van der Waals surface area contributed by atoms with Crippen molar-refractivity contribution in [2.75, 3.05) is 38.0 Å². The summed E-state index contributed by atoms with van der Waals surface area (Å²) in [4.78, 5) is 39.8. The van der Waals surface area contributed by atoms with E-state index in [1.54, 1.807) is 30.3 Å². The second kappa shape index (κ2) is 10.2. The average molecular weight is 429 g/mol. The molecule has 1 aliphatic heterocycles. The molecule has 158 valence electrons. The smallest absolute Gasteiger partial charge is 0.248 e. The van der Waals surface area contributed by atoms with Gasteiger partial charge in [-0.1, -0.05) is 29.8 Å². The van der Waals surface area contributed by atoms with Crippen molar-refractivity contribution in [3.63, 3.8) is 0 Å². The van der Waals surface area contributed by atoms with Gasteiger partial charge >= 0.3 is 0 Å². The van der Waals surface area contributed by atoms with Crippen LogP contribution in [0.25, 0.3) is 0 Å². The number of piperazine rings is 1. The molecular weight excluding hydrogens is 404 g/mol. The van der Waals surface area contributed by atoms with Gasteiger partial charge < -0.3 is 16.0 Å². The molecule has 0 spiro atoms. The van der Waals surface area contributed by atoms with E-state index < -0.39 is 5.91 Å². The SMILES string of the molecule is NC(=O)c1ccc(NC(=O)CCN2CCN(C(=O)Cc3ccccc3Cl)CC2)cc1. The third-order valence-corrected chi connectivity index (χ3v) is 5.50. The lowest BCUT2D eigenvalue weighted by molar-refractivity contribution is -0.132. The fourth-order valence-corrected chi connectivity index (χ4v) is 3.54. The number of nitrogens with zero attached hydrogens (tertiary/aromatic N) is 2. The van der Waals surface area contributed by atoms with Crippen LogP contribution in [0.3, 0.4) is 0 Å². The van der Waals surface area contributed by atoms with Crippen LogP contribution in [0, 0.1) is 0 Å². The quantitative estimate of drug-likeness (QED) is 0.706. The van der Waals surface area contributed by atoms with Gasteiger partial charge in [0, 0.05) is 55.4 Å². The van der Waals surface area contributed by atoms with Gasteiger partial charge in [0.2, 0.25) is 17.7 Å². The highest BCUT2D eigenvalue weighted by Crippen LogP contribution is 2.17. The molecular formula is C22H25ClN4O3. The molecule has 3 N–H and O–H groups in total. The van der Waals surface area contributed by atoms with Gasteiger partial charge in [0.15, 0.2) is 0 Å². The van der Waals surface area contributed by atoms with Crippen LogP contribution in [-0.2, 0) is 16.0 Å². The average Bonchev–Trinajstić information content (AvgIpc) is 2.74. The maximum atomic E-state index is 12.5.